The summed E-state index contributed by atoms with van der Waals surface area (Å²) in [7, 11) is -3.54. The van der Waals surface area contributed by atoms with Crippen LogP contribution in [0.2, 0.25) is 0 Å². The smallest absolute Gasteiger partial charge is 0.260 e. The molecule has 21 heavy (non-hydrogen) atoms. The number of nitrogens with zero attached hydrogens (tertiary/aromatic N) is 4. The lowest BCUT2D eigenvalue weighted by atomic mass is 10.1. The number of hydrogen-bond donors (Lipinski definition) is 1. The van der Waals surface area contributed by atoms with Gasteiger partial charge < -0.3 is 9.72 Å². The number of nitrogens with one attached hydrogen (secondary N) is 1. The van der Waals surface area contributed by atoms with Crippen LogP contribution in [0.1, 0.15) is 12.8 Å². The lowest BCUT2D eigenvalue weighted by Gasteiger charge is -2.31. The zero-order valence-corrected chi connectivity index (χ0v) is 12.0. The van der Waals surface area contributed by atoms with Gasteiger partial charge in [0.1, 0.15) is 6.10 Å². The van der Waals surface area contributed by atoms with Crippen molar-refractivity contribution in [1.82, 2.24) is 24.5 Å². The second-order valence-corrected chi connectivity index (χ2v) is 6.63. The van der Waals surface area contributed by atoms with Crippen LogP contribution in [0, 0.1) is 0 Å². The van der Waals surface area contributed by atoms with Crippen molar-refractivity contribution in [2.45, 2.75) is 24.0 Å². The fourth-order valence-corrected chi connectivity index (χ4v) is 3.67. The Kier molecular flexibility index (Phi) is 3.84. The Morgan fingerprint density at radius 1 is 1.43 bits per heavy atom. The predicted molar refractivity (Wildman–Crippen MR) is 73.0 cm³/mol. The second kappa shape index (κ2) is 5.78. The van der Waals surface area contributed by atoms with E-state index in [1.165, 1.54) is 16.8 Å². The van der Waals surface area contributed by atoms with Gasteiger partial charge in [-0.25, -0.2) is 13.4 Å². The first-order valence-corrected chi connectivity index (χ1v) is 8.03. The minimum absolute atomic E-state index is 0.0997. The quantitative estimate of drug-likeness (QED) is 0.879. The highest BCUT2D eigenvalue weighted by Gasteiger charge is 2.32. The largest absolute Gasteiger partial charge is 0.472 e. The van der Waals surface area contributed by atoms with Crippen molar-refractivity contribution in [1.29, 1.82) is 0 Å². The number of hydrogen-bond acceptors (Lipinski definition) is 6. The summed E-state index contributed by atoms with van der Waals surface area (Å²) in [6, 6.07) is 3.43. The van der Waals surface area contributed by atoms with Crippen LogP contribution in [0.5, 0.6) is 5.88 Å². The molecule has 2 aromatic heterocycles. The minimum Gasteiger partial charge on any atom is -0.472 e. The van der Waals surface area contributed by atoms with Crippen molar-refractivity contribution in [3.8, 4) is 5.88 Å². The molecule has 1 aliphatic rings. The molecule has 1 aliphatic heterocycles. The molecule has 3 rings (SSSR count). The lowest BCUT2D eigenvalue weighted by molar-refractivity contribution is 0.123. The first kappa shape index (κ1) is 14.0. The van der Waals surface area contributed by atoms with Crippen LogP contribution in [0.3, 0.4) is 0 Å². The molecule has 0 aromatic carbocycles. The normalized spacial score (nSPS) is 20.3. The van der Waals surface area contributed by atoms with E-state index in [-0.39, 0.29) is 17.7 Å². The number of aromatic nitrogens is 4. The summed E-state index contributed by atoms with van der Waals surface area (Å²) >= 11 is 0. The Balaban J connectivity index is 1.71. The van der Waals surface area contributed by atoms with Crippen LogP contribution in [0.15, 0.2) is 35.9 Å². The molecule has 112 valence electrons. The maximum atomic E-state index is 12.4. The molecule has 1 atom stereocenters. The van der Waals surface area contributed by atoms with Crippen LogP contribution < -0.4 is 4.74 Å². The van der Waals surface area contributed by atoms with E-state index in [4.69, 9.17) is 4.74 Å². The van der Waals surface area contributed by atoms with Crippen molar-refractivity contribution in [3.63, 3.8) is 0 Å². The summed E-state index contributed by atoms with van der Waals surface area (Å²) in [5.41, 5.74) is 0. The minimum atomic E-state index is -3.54. The van der Waals surface area contributed by atoms with Crippen molar-refractivity contribution in [2.75, 3.05) is 13.1 Å². The summed E-state index contributed by atoms with van der Waals surface area (Å²) in [4.78, 5) is 6.39. The second-order valence-electron chi connectivity index (χ2n) is 4.72. The lowest BCUT2D eigenvalue weighted by Crippen LogP contribution is -2.44. The number of rotatable bonds is 4. The highest BCUT2D eigenvalue weighted by molar-refractivity contribution is 7.89. The van der Waals surface area contributed by atoms with Gasteiger partial charge in [0, 0.05) is 18.8 Å². The van der Waals surface area contributed by atoms with Gasteiger partial charge in [-0.3, -0.25) is 0 Å². The van der Waals surface area contributed by atoms with Crippen LogP contribution in [-0.4, -0.2) is 52.1 Å². The Labute approximate surface area is 122 Å². The average Bonchev–Trinajstić information content (AvgIpc) is 3.04. The van der Waals surface area contributed by atoms with E-state index in [0.717, 1.165) is 12.8 Å². The average molecular weight is 309 g/mol. The summed E-state index contributed by atoms with van der Waals surface area (Å²) in [5.74, 6) is 0.406. The zero-order chi connectivity index (χ0) is 14.7. The molecule has 3 heterocycles. The third kappa shape index (κ3) is 3.03. The molecule has 9 heteroatoms. The van der Waals surface area contributed by atoms with Crippen LogP contribution >= 0.6 is 0 Å². The number of piperidine rings is 1. The Morgan fingerprint density at radius 2 is 2.33 bits per heavy atom. The SMILES string of the molecule is O=S(=O)(c1cnc[nH]1)N1CCCC(Oc2cccnn2)C1. The van der Waals surface area contributed by atoms with E-state index >= 15 is 0 Å². The number of imidazole rings is 1. The van der Waals surface area contributed by atoms with Crippen molar-refractivity contribution >= 4 is 10.0 Å². The number of H-pyrrole nitrogens is 1. The molecular formula is C12H15N5O3S. The monoisotopic (exact) mass is 309 g/mol. The van der Waals surface area contributed by atoms with Crippen molar-refractivity contribution < 1.29 is 13.2 Å². The third-order valence-electron chi connectivity index (χ3n) is 3.27. The van der Waals surface area contributed by atoms with Gasteiger partial charge in [0.15, 0.2) is 5.03 Å². The third-order valence-corrected chi connectivity index (χ3v) is 5.06. The highest BCUT2D eigenvalue weighted by Crippen LogP contribution is 2.21. The van der Waals surface area contributed by atoms with E-state index in [9.17, 15) is 8.42 Å². The number of aromatic amines is 1. The molecule has 1 unspecified atom stereocenters. The molecule has 1 fully saturated rings. The Bertz CT molecular complexity index is 674. The zero-order valence-electron chi connectivity index (χ0n) is 11.2. The van der Waals surface area contributed by atoms with Crippen molar-refractivity contribution in [3.05, 3.63) is 30.9 Å². The first-order chi connectivity index (χ1) is 10.2. The van der Waals surface area contributed by atoms with Gasteiger partial charge in [-0.1, -0.05) is 0 Å². The molecule has 1 N–H and O–H groups in total. The molecule has 0 radical (unpaired) electrons. The molecule has 0 bridgehead atoms. The highest BCUT2D eigenvalue weighted by atomic mass is 32.2. The summed E-state index contributed by atoms with van der Waals surface area (Å²) in [6.07, 6.45) is 5.51. The van der Waals surface area contributed by atoms with Crippen LogP contribution in [0.4, 0.5) is 0 Å². The van der Waals surface area contributed by atoms with E-state index in [1.54, 1.807) is 18.3 Å². The predicted octanol–water partition coefficient (Wildman–Crippen LogP) is 0.432. The van der Waals surface area contributed by atoms with Gasteiger partial charge in [-0.2, -0.15) is 9.40 Å². The topological polar surface area (TPSA) is 101 Å². The van der Waals surface area contributed by atoms with E-state index in [1.807, 2.05) is 0 Å². The van der Waals surface area contributed by atoms with Crippen LogP contribution in [0.25, 0.3) is 0 Å². The summed E-state index contributed by atoms with van der Waals surface area (Å²) in [5, 5.41) is 7.69. The Hall–Kier alpha value is -2.00. The molecule has 0 aliphatic carbocycles. The van der Waals surface area contributed by atoms with Gasteiger partial charge >= 0.3 is 0 Å². The van der Waals surface area contributed by atoms with E-state index in [2.05, 4.69) is 20.2 Å². The standard InChI is InChI=1S/C12H15N5O3S/c18-21(19,12-7-13-9-14-12)17-6-2-3-10(8-17)20-11-4-1-5-15-16-11/h1,4-5,7,9-10H,2-3,6,8H2,(H,13,14). The first-order valence-electron chi connectivity index (χ1n) is 6.59. The molecular weight excluding hydrogens is 294 g/mol. The van der Waals surface area contributed by atoms with Gasteiger partial charge in [0.2, 0.25) is 5.88 Å². The number of sulfonamides is 1. The van der Waals surface area contributed by atoms with Gasteiger partial charge in [0.05, 0.1) is 19.1 Å². The maximum absolute atomic E-state index is 12.4. The summed E-state index contributed by atoms with van der Waals surface area (Å²) in [6.45, 7) is 0.764. The van der Waals surface area contributed by atoms with E-state index in [0.29, 0.717) is 12.4 Å². The molecule has 2 aromatic rings. The van der Waals surface area contributed by atoms with Gasteiger partial charge in [0.25, 0.3) is 10.0 Å². The summed E-state index contributed by atoms with van der Waals surface area (Å²) < 4.78 is 31.9. The fourth-order valence-electron chi connectivity index (χ4n) is 2.26. The molecule has 0 amide bonds. The van der Waals surface area contributed by atoms with E-state index < -0.39 is 10.0 Å². The maximum Gasteiger partial charge on any atom is 0.260 e. The van der Waals surface area contributed by atoms with Gasteiger partial charge in [-0.15, -0.1) is 5.10 Å². The molecule has 0 saturated carbocycles. The fraction of sp³-hybridized carbons (Fsp3) is 0.417. The number of ether oxygens (including phenoxy) is 1. The molecule has 1 saturated heterocycles. The van der Waals surface area contributed by atoms with Crippen LogP contribution in [-0.2, 0) is 10.0 Å². The Morgan fingerprint density at radius 3 is 3.05 bits per heavy atom. The molecule has 8 nitrogen and oxygen atoms in total. The van der Waals surface area contributed by atoms with Gasteiger partial charge in [-0.05, 0) is 18.9 Å². The van der Waals surface area contributed by atoms with Crippen molar-refractivity contribution in [2.24, 2.45) is 0 Å². The molecule has 0 spiro atoms.